The molecule has 1 saturated heterocycles. The molecule has 29 heavy (non-hydrogen) atoms. The second kappa shape index (κ2) is 10.6. The topological polar surface area (TPSA) is 50.6 Å². The summed E-state index contributed by atoms with van der Waals surface area (Å²) in [5.74, 6) is 1.49. The number of aromatic nitrogens is 2. The highest BCUT2D eigenvalue weighted by Crippen LogP contribution is 2.12. The normalized spacial score (nSPS) is 15.0. The first-order valence-corrected chi connectivity index (χ1v) is 10.6. The molecule has 2 aromatic rings. The van der Waals surface area contributed by atoms with Gasteiger partial charge in [0.25, 0.3) is 0 Å². The summed E-state index contributed by atoms with van der Waals surface area (Å²) in [6.45, 7) is 12.6. The number of hydrogen-bond acceptors (Lipinski definition) is 4. The standard InChI is InChI=1S/C23H34N4O2/c1-19(2)16-23(28)27(11-10-25-12-14-29-15-13-25)18-22-24-8-9-26(22)17-21-6-4-20(3)5-7-21/h4-9,19H,10-18H2,1-3H3. The van der Waals surface area contributed by atoms with E-state index >= 15 is 0 Å². The Morgan fingerprint density at radius 1 is 1.21 bits per heavy atom. The molecule has 0 N–H and O–H groups in total. The molecule has 0 radical (unpaired) electrons. The van der Waals surface area contributed by atoms with E-state index in [9.17, 15) is 4.79 Å². The molecule has 0 aliphatic carbocycles. The Labute approximate surface area is 174 Å². The second-order valence-electron chi connectivity index (χ2n) is 8.32. The molecule has 3 rings (SSSR count). The van der Waals surface area contributed by atoms with Crippen molar-refractivity contribution in [1.29, 1.82) is 0 Å². The zero-order chi connectivity index (χ0) is 20.6. The highest BCUT2D eigenvalue weighted by Gasteiger charge is 2.19. The van der Waals surface area contributed by atoms with Crippen LogP contribution in [-0.2, 0) is 22.6 Å². The van der Waals surface area contributed by atoms with Gasteiger partial charge in [-0.1, -0.05) is 43.7 Å². The molecular weight excluding hydrogens is 364 g/mol. The summed E-state index contributed by atoms with van der Waals surface area (Å²) in [4.78, 5) is 21.8. The highest BCUT2D eigenvalue weighted by atomic mass is 16.5. The van der Waals surface area contributed by atoms with Gasteiger partial charge in [-0.05, 0) is 18.4 Å². The molecule has 0 saturated carbocycles. The SMILES string of the molecule is Cc1ccc(Cn2ccnc2CN(CCN2CCOCC2)C(=O)CC(C)C)cc1. The zero-order valence-corrected chi connectivity index (χ0v) is 18.0. The van der Waals surface area contributed by atoms with E-state index < -0.39 is 0 Å². The number of hydrogen-bond donors (Lipinski definition) is 0. The van der Waals surface area contributed by atoms with Crippen molar-refractivity contribution in [2.45, 2.75) is 40.3 Å². The van der Waals surface area contributed by atoms with Gasteiger partial charge in [0.15, 0.2) is 0 Å². The fraction of sp³-hybridized carbons (Fsp3) is 0.565. The molecule has 0 spiro atoms. The minimum atomic E-state index is 0.207. The quantitative estimate of drug-likeness (QED) is 0.652. The maximum absolute atomic E-state index is 12.9. The molecule has 158 valence electrons. The first-order valence-electron chi connectivity index (χ1n) is 10.6. The van der Waals surface area contributed by atoms with Crippen LogP contribution in [0.5, 0.6) is 0 Å². The van der Waals surface area contributed by atoms with Crippen LogP contribution in [0, 0.1) is 12.8 Å². The van der Waals surface area contributed by atoms with Crippen LogP contribution < -0.4 is 0 Å². The van der Waals surface area contributed by atoms with Gasteiger partial charge in [-0.25, -0.2) is 4.98 Å². The summed E-state index contributed by atoms with van der Waals surface area (Å²) in [5, 5.41) is 0. The van der Waals surface area contributed by atoms with Crippen molar-refractivity contribution in [3.05, 3.63) is 53.6 Å². The molecule has 0 unspecified atom stereocenters. The van der Waals surface area contributed by atoms with Gasteiger partial charge in [0, 0.05) is 51.5 Å². The first kappa shape index (κ1) is 21.5. The Bertz CT molecular complexity index is 763. The lowest BCUT2D eigenvalue weighted by atomic mass is 10.1. The van der Waals surface area contributed by atoms with Crippen molar-refractivity contribution in [2.24, 2.45) is 5.92 Å². The van der Waals surface area contributed by atoms with E-state index in [0.717, 1.165) is 51.8 Å². The van der Waals surface area contributed by atoms with Crippen LogP contribution in [0.15, 0.2) is 36.7 Å². The van der Waals surface area contributed by atoms with Gasteiger partial charge >= 0.3 is 0 Å². The van der Waals surface area contributed by atoms with Crippen LogP contribution in [0.25, 0.3) is 0 Å². The number of carbonyl (C=O) groups excluding carboxylic acids is 1. The number of carbonyl (C=O) groups is 1. The molecular formula is C23H34N4O2. The number of ether oxygens (including phenoxy) is 1. The third kappa shape index (κ3) is 6.68. The summed E-state index contributed by atoms with van der Waals surface area (Å²) >= 11 is 0. The van der Waals surface area contributed by atoms with Gasteiger partial charge < -0.3 is 14.2 Å². The number of amides is 1. The monoisotopic (exact) mass is 398 g/mol. The molecule has 1 aromatic carbocycles. The Hall–Kier alpha value is -2.18. The van der Waals surface area contributed by atoms with Crippen molar-refractivity contribution < 1.29 is 9.53 Å². The van der Waals surface area contributed by atoms with E-state index in [1.807, 2.05) is 17.3 Å². The molecule has 1 aliphatic heterocycles. The van der Waals surface area contributed by atoms with Crippen LogP contribution in [0.2, 0.25) is 0 Å². The molecule has 2 heterocycles. The van der Waals surface area contributed by atoms with Crippen molar-refractivity contribution in [1.82, 2.24) is 19.4 Å². The molecule has 0 atom stereocenters. The average molecular weight is 399 g/mol. The van der Waals surface area contributed by atoms with Crippen LogP contribution in [0.4, 0.5) is 0 Å². The van der Waals surface area contributed by atoms with Gasteiger partial charge in [-0.3, -0.25) is 9.69 Å². The van der Waals surface area contributed by atoms with Gasteiger partial charge in [-0.2, -0.15) is 0 Å². The molecule has 1 aromatic heterocycles. The lowest BCUT2D eigenvalue weighted by Gasteiger charge is -2.30. The van der Waals surface area contributed by atoms with Crippen molar-refractivity contribution >= 4 is 5.91 Å². The highest BCUT2D eigenvalue weighted by molar-refractivity contribution is 5.76. The van der Waals surface area contributed by atoms with Crippen molar-refractivity contribution in [3.63, 3.8) is 0 Å². The van der Waals surface area contributed by atoms with E-state index in [1.165, 1.54) is 11.1 Å². The molecule has 0 bridgehead atoms. The van der Waals surface area contributed by atoms with E-state index in [1.54, 1.807) is 0 Å². The Morgan fingerprint density at radius 2 is 1.93 bits per heavy atom. The summed E-state index contributed by atoms with van der Waals surface area (Å²) in [5.41, 5.74) is 2.50. The fourth-order valence-electron chi connectivity index (χ4n) is 3.55. The number of nitrogens with zero attached hydrogens (tertiary/aromatic N) is 4. The smallest absolute Gasteiger partial charge is 0.223 e. The fourth-order valence-corrected chi connectivity index (χ4v) is 3.55. The summed E-state index contributed by atoms with van der Waals surface area (Å²) in [6.07, 6.45) is 4.40. The van der Waals surface area contributed by atoms with Crippen LogP contribution in [0.1, 0.15) is 37.2 Å². The van der Waals surface area contributed by atoms with E-state index in [-0.39, 0.29) is 5.91 Å². The lowest BCUT2D eigenvalue weighted by molar-refractivity contribution is -0.133. The largest absolute Gasteiger partial charge is 0.379 e. The third-order valence-electron chi connectivity index (χ3n) is 5.33. The van der Waals surface area contributed by atoms with Gasteiger partial charge in [0.1, 0.15) is 5.82 Å². The van der Waals surface area contributed by atoms with Crippen LogP contribution in [0.3, 0.4) is 0 Å². The Morgan fingerprint density at radius 3 is 2.62 bits per heavy atom. The second-order valence-corrected chi connectivity index (χ2v) is 8.32. The summed E-state index contributed by atoms with van der Waals surface area (Å²) in [7, 11) is 0. The number of aryl methyl sites for hydroxylation is 1. The van der Waals surface area contributed by atoms with E-state index in [2.05, 4.69) is 59.5 Å². The van der Waals surface area contributed by atoms with Gasteiger partial charge in [0.05, 0.1) is 19.8 Å². The Kier molecular flexibility index (Phi) is 7.83. The van der Waals surface area contributed by atoms with Crippen molar-refractivity contribution in [3.8, 4) is 0 Å². The van der Waals surface area contributed by atoms with Gasteiger partial charge in [0.2, 0.25) is 5.91 Å². The molecule has 1 aliphatic rings. The predicted octanol–water partition coefficient (Wildman–Crippen LogP) is 2.95. The van der Waals surface area contributed by atoms with E-state index in [4.69, 9.17) is 4.74 Å². The summed E-state index contributed by atoms with van der Waals surface area (Å²) < 4.78 is 7.58. The first-order chi connectivity index (χ1) is 14.0. The van der Waals surface area contributed by atoms with Crippen LogP contribution in [-0.4, -0.2) is 64.7 Å². The zero-order valence-electron chi connectivity index (χ0n) is 18.0. The third-order valence-corrected chi connectivity index (χ3v) is 5.33. The lowest BCUT2D eigenvalue weighted by Crippen LogP contribution is -2.43. The summed E-state index contributed by atoms with van der Waals surface area (Å²) in [6, 6.07) is 8.57. The Balaban J connectivity index is 1.67. The van der Waals surface area contributed by atoms with Crippen molar-refractivity contribution in [2.75, 3.05) is 39.4 Å². The van der Waals surface area contributed by atoms with Crippen LogP contribution >= 0.6 is 0 Å². The molecule has 6 nitrogen and oxygen atoms in total. The predicted molar refractivity (Wildman–Crippen MR) is 115 cm³/mol. The molecule has 1 amide bonds. The number of imidazole rings is 1. The maximum Gasteiger partial charge on any atom is 0.223 e. The van der Waals surface area contributed by atoms with Gasteiger partial charge in [-0.15, -0.1) is 0 Å². The minimum absolute atomic E-state index is 0.207. The minimum Gasteiger partial charge on any atom is -0.379 e. The number of benzene rings is 1. The maximum atomic E-state index is 12.9. The molecule has 6 heteroatoms. The average Bonchev–Trinajstić information content (AvgIpc) is 3.13. The number of morpholine rings is 1. The van der Waals surface area contributed by atoms with E-state index in [0.29, 0.717) is 18.9 Å². The number of rotatable bonds is 9. The molecule has 1 fully saturated rings.